The zero-order chi connectivity index (χ0) is 13.5. The Morgan fingerprint density at radius 3 is 2.72 bits per heavy atom. The maximum absolute atomic E-state index is 11.9. The van der Waals surface area contributed by atoms with E-state index in [0.29, 0.717) is 13.0 Å². The van der Waals surface area contributed by atoms with Crippen molar-refractivity contribution in [2.45, 2.75) is 32.4 Å². The number of nitrogens with zero attached hydrogens (tertiary/aromatic N) is 1. The van der Waals surface area contributed by atoms with Gasteiger partial charge in [0.05, 0.1) is 6.10 Å². The Bertz CT molecular complexity index is 393. The topological polar surface area (TPSA) is 55.6 Å². The SMILES string of the molecule is COC(C)CCC(=O)N(C)Cc1ccccc1N. The van der Waals surface area contributed by atoms with Gasteiger partial charge >= 0.3 is 0 Å². The first-order chi connectivity index (χ1) is 8.54. The predicted molar refractivity (Wildman–Crippen MR) is 73.0 cm³/mol. The second-order valence-electron chi connectivity index (χ2n) is 4.53. The molecule has 0 saturated carbocycles. The van der Waals surface area contributed by atoms with E-state index in [9.17, 15) is 4.79 Å². The molecule has 0 fully saturated rings. The lowest BCUT2D eigenvalue weighted by molar-refractivity contribution is -0.131. The zero-order valence-corrected chi connectivity index (χ0v) is 11.3. The Labute approximate surface area is 109 Å². The van der Waals surface area contributed by atoms with Gasteiger partial charge in [-0.3, -0.25) is 4.79 Å². The number of benzene rings is 1. The van der Waals surface area contributed by atoms with Crippen LogP contribution >= 0.6 is 0 Å². The molecule has 1 atom stereocenters. The van der Waals surface area contributed by atoms with Gasteiger partial charge in [-0.05, 0) is 25.0 Å². The summed E-state index contributed by atoms with van der Waals surface area (Å²) in [6.07, 6.45) is 1.35. The van der Waals surface area contributed by atoms with Crippen LogP contribution in [0, 0.1) is 0 Å². The molecule has 1 aromatic rings. The second-order valence-corrected chi connectivity index (χ2v) is 4.53. The van der Waals surface area contributed by atoms with Gasteiger partial charge in [0.1, 0.15) is 0 Å². The van der Waals surface area contributed by atoms with Crippen molar-refractivity contribution in [3.05, 3.63) is 29.8 Å². The molecule has 2 N–H and O–H groups in total. The molecule has 0 aromatic heterocycles. The van der Waals surface area contributed by atoms with Crippen LogP contribution in [0.4, 0.5) is 5.69 Å². The van der Waals surface area contributed by atoms with E-state index in [1.165, 1.54) is 0 Å². The van der Waals surface area contributed by atoms with Crippen LogP contribution in [0.25, 0.3) is 0 Å². The molecule has 0 saturated heterocycles. The molecule has 0 aliphatic rings. The molecule has 0 spiro atoms. The number of anilines is 1. The van der Waals surface area contributed by atoms with Gasteiger partial charge in [0.25, 0.3) is 0 Å². The van der Waals surface area contributed by atoms with E-state index in [2.05, 4.69) is 0 Å². The van der Waals surface area contributed by atoms with Crippen molar-refractivity contribution in [3.8, 4) is 0 Å². The first kappa shape index (κ1) is 14.5. The predicted octanol–water partition coefficient (Wildman–Crippen LogP) is 2.04. The number of amides is 1. The van der Waals surface area contributed by atoms with Crippen LogP contribution in [0.1, 0.15) is 25.3 Å². The number of ether oxygens (including phenoxy) is 1. The standard InChI is InChI=1S/C14H22N2O2/c1-11(18-3)8-9-14(17)16(2)10-12-6-4-5-7-13(12)15/h4-7,11H,8-10,15H2,1-3H3. The highest BCUT2D eigenvalue weighted by Gasteiger charge is 2.12. The lowest BCUT2D eigenvalue weighted by Crippen LogP contribution is -2.27. The molecule has 1 amide bonds. The zero-order valence-electron chi connectivity index (χ0n) is 11.3. The van der Waals surface area contributed by atoms with Gasteiger partial charge in [0.2, 0.25) is 5.91 Å². The van der Waals surface area contributed by atoms with E-state index in [1.54, 1.807) is 19.1 Å². The van der Waals surface area contributed by atoms with Crippen molar-refractivity contribution in [1.82, 2.24) is 4.90 Å². The number of nitrogen functional groups attached to an aromatic ring is 1. The summed E-state index contributed by atoms with van der Waals surface area (Å²) < 4.78 is 5.13. The largest absolute Gasteiger partial charge is 0.398 e. The van der Waals surface area contributed by atoms with Gasteiger partial charge in [-0.1, -0.05) is 18.2 Å². The van der Waals surface area contributed by atoms with Gasteiger partial charge in [-0.2, -0.15) is 0 Å². The molecule has 1 aromatic carbocycles. The average molecular weight is 250 g/mol. The highest BCUT2D eigenvalue weighted by molar-refractivity contribution is 5.76. The number of para-hydroxylation sites is 1. The lowest BCUT2D eigenvalue weighted by atomic mass is 10.1. The van der Waals surface area contributed by atoms with E-state index in [-0.39, 0.29) is 12.0 Å². The second kappa shape index (κ2) is 7.01. The van der Waals surface area contributed by atoms with E-state index in [4.69, 9.17) is 10.5 Å². The number of hydrogen-bond acceptors (Lipinski definition) is 3. The minimum absolute atomic E-state index is 0.113. The van der Waals surface area contributed by atoms with Crippen molar-refractivity contribution in [3.63, 3.8) is 0 Å². The van der Waals surface area contributed by atoms with Gasteiger partial charge in [0.15, 0.2) is 0 Å². The molecule has 0 bridgehead atoms. The van der Waals surface area contributed by atoms with Gasteiger partial charge in [0, 0.05) is 32.8 Å². The van der Waals surface area contributed by atoms with Crippen molar-refractivity contribution in [1.29, 1.82) is 0 Å². The maximum Gasteiger partial charge on any atom is 0.222 e. The van der Waals surface area contributed by atoms with Crippen LogP contribution in [-0.2, 0) is 16.1 Å². The summed E-state index contributed by atoms with van der Waals surface area (Å²) in [5, 5.41) is 0. The van der Waals surface area contributed by atoms with Crippen LogP contribution in [-0.4, -0.2) is 31.1 Å². The summed E-state index contributed by atoms with van der Waals surface area (Å²) in [6.45, 7) is 2.51. The lowest BCUT2D eigenvalue weighted by Gasteiger charge is -2.19. The number of methoxy groups -OCH3 is 1. The van der Waals surface area contributed by atoms with Crippen LogP contribution in [0.3, 0.4) is 0 Å². The molecule has 0 heterocycles. The number of carbonyl (C=O) groups excluding carboxylic acids is 1. The van der Waals surface area contributed by atoms with Crippen molar-refractivity contribution in [2.24, 2.45) is 0 Å². The Morgan fingerprint density at radius 1 is 1.44 bits per heavy atom. The molecule has 4 heteroatoms. The molecule has 0 aliphatic carbocycles. The summed E-state index contributed by atoms with van der Waals surface area (Å²) in [5.74, 6) is 0.113. The van der Waals surface area contributed by atoms with Gasteiger partial charge in [-0.15, -0.1) is 0 Å². The Balaban J connectivity index is 2.47. The minimum Gasteiger partial charge on any atom is -0.398 e. The molecular formula is C14H22N2O2. The van der Waals surface area contributed by atoms with Crippen molar-refractivity contribution < 1.29 is 9.53 Å². The molecule has 0 aliphatic heterocycles. The van der Waals surface area contributed by atoms with Gasteiger partial charge < -0.3 is 15.4 Å². The van der Waals surface area contributed by atoms with E-state index in [0.717, 1.165) is 17.7 Å². The normalized spacial score (nSPS) is 12.2. The summed E-state index contributed by atoms with van der Waals surface area (Å²) in [5.41, 5.74) is 7.56. The van der Waals surface area contributed by atoms with Crippen LogP contribution in [0.5, 0.6) is 0 Å². The highest BCUT2D eigenvalue weighted by Crippen LogP contribution is 2.13. The first-order valence-corrected chi connectivity index (χ1v) is 6.14. The number of nitrogens with two attached hydrogens (primary N) is 1. The number of hydrogen-bond donors (Lipinski definition) is 1. The van der Waals surface area contributed by atoms with E-state index < -0.39 is 0 Å². The van der Waals surface area contributed by atoms with Gasteiger partial charge in [-0.25, -0.2) is 0 Å². The smallest absolute Gasteiger partial charge is 0.222 e. The fraction of sp³-hybridized carbons (Fsp3) is 0.500. The third kappa shape index (κ3) is 4.37. The summed E-state index contributed by atoms with van der Waals surface area (Å²) >= 11 is 0. The molecule has 1 rings (SSSR count). The quantitative estimate of drug-likeness (QED) is 0.786. The Morgan fingerprint density at radius 2 is 2.11 bits per heavy atom. The molecule has 100 valence electrons. The fourth-order valence-electron chi connectivity index (χ4n) is 1.66. The monoisotopic (exact) mass is 250 g/mol. The molecule has 18 heavy (non-hydrogen) atoms. The Kier molecular flexibility index (Phi) is 5.65. The van der Waals surface area contributed by atoms with Crippen molar-refractivity contribution >= 4 is 11.6 Å². The molecule has 1 unspecified atom stereocenters. The number of rotatable bonds is 6. The maximum atomic E-state index is 11.9. The molecule has 0 radical (unpaired) electrons. The van der Waals surface area contributed by atoms with Crippen LogP contribution in [0.2, 0.25) is 0 Å². The third-order valence-corrected chi connectivity index (χ3v) is 3.06. The third-order valence-electron chi connectivity index (χ3n) is 3.06. The number of carbonyl (C=O) groups is 1. The summed E-state index contributed by atoms with van der Waals surface area (Å²) in [4.78, 5) is 13.6. The van der Waals surface area contributed by atoms with E-state index in [1.807, 2.05) is 31.2 Å². The van der Waals surface area contributed by atoms with Crippen LogP contribution < -0.4 is 5.73 Å². The van der Waals surface area contributed by atoms with Crippen molar-refractivity contribution in [2.75, 3.05) is 19.9 Å². The molecular weight excluding hydrogens is 228 g/mol. The average Bonchev–Trinajstić information content (AvgIpc) is 2.38. The summed E-state index contributed by atoms with van der Waals surface area (Å²) in [6, 6.07) is 7.61. The molecule has 4 nitrogen and oxygen atoms in total. The first-order valence-electron chi connectivity index (χ1n) is 6.14. The van der Waals surface area contributed by atoms with Crippen LogP contribution in [0.15, 0.2) is 24.3 Å². The Hall–Kier alpha value is -1.55. The van der Waals surface area contributed by atoms with E-state index >= 15 is 0 Å². The summed E-state index contributed by atoms with van der Waals surface area (Å²) in [7, 11) is 3.45. The highest BCUT2D eigenvalue weighted by atomic mass is 16.5. The minimum atomic E-state index is 0.113. The fourth-order valence-corrected chi connectivity index (χ4v) is 1.66.